The number of rotatable bonds is 7. The molecule has 1 aliphatic rings. The van der Waals surface area contributed by atoms with Gasteiger partial charge in [-0.1, -0.05) is 20.8 Å². The Morgan fingerprint density at radius 3 is 2.35 bits per heavy atom. The van der Waals surface area contributed by atoms with Gasteiger partial charge < -0.3 is 15.5 Å². The lowest BCUT2D eigenvalue weighted by Gasteiger charge is -2.33. The fourth-order valence-electron chi connectivity index (χ4n) is 2.17. The minimum absolute atomic E-state index is 0.135. The first-order chi connectivity index (χ1) is 8.08. The van der Waals surface area contributed by atoms with Crippen LogP contribution < -0.4 is 10.6 Å². The monoisotopic (exact) mass is 241 g/mol. The van der Waals surface area contributed by atoms with Crippen molar-refractivity contribution in [2.45, 2.75) is 33.7 Å². The first kappa shape index (κ1) is 14.5. The molecule has 1 heterocycles. The number of likely N-dealkylation sites (N-methyl/N-ethyl adjacent to an activating group) is 1. The average Bonchev–Trinajstić information content (AvgIpc) is 2.23. The molecule has 1 fully saturated rings. The SMILES string of the molecule is CCN(CC)CC(C)NC(=O)C(C)C1CNC1. The fraction of sp³-hybridized carbons (Fsp3) is 0.923. The number of nitrogens with one attached hydrogen (secondary N) is 2. The molecule has 0 saturated carbocycles. The van der Waals surface area contributed by atoms with Gasteiger partial charge in [-0.15, -0.1) is 0 Å². The van der Waals surface area contributed by atoms with Gasteiger partial charge >= 0.3 is 0 Å². The molecule has 1 aliphatic heterocycles. The van der Waals surface area contributed by atoms with Crippen LogP contribution in [0, 0.1) is 11.8 Å². The molecule has 17 heavy (non-hydrogen) atoms. The Balaban J connectivity index is 2.28. The molecule has 1 saturated heterocycles. The molecule has 0 radical (unpaired) electrons. The van der Waals surface area contributed by atoms with Crippen molar-refractivity contribution in [3.05, 3.63) is 0 Å². The molecular weight excluding hydrogens is 214 g/mol. The van der Waals surface area contributed by atoms with Crippen molar-refractivity contribution in [1.29, 1.82) is 0 Å². The van der Waals surface area contributed by atoms with Crippen LogP contribution in [-0.2, 0) is 4.79 Å². The summed E-state index contributed by atoms with van der Waals surface area (Å²) in [5, 5.41) is 6.33. The maximum atomic E-state index is 12.0. The van der Waals surface area contributed by atoms with Gasteiger partial charge in [0.15, 0.2) is 0 Å². The van der Waals surface area contributed by atoms with Crippen molar-refractivity contribution >= 4 is 5.91 Å². The van der Waals surface area contributed by atoms with Crippen molar-refractivity contribution < 1.29 is 4.79 Å². The average molecular weight is 241 g/mol. The summed E-state index contributed by atoms with van der Waals surface area (Å²) in [6.45, 7) is 13.4. The lowest BCUT2D eigenvalue weighted by Crippen LogP contribution is -2.51. The molecule has 100 valence electrons. The summed E-state index contributed by atoms with van der Waals surface area (Å²) in [5.74, 6) is 0.863. The molecule has 2 N–H and O–H groups in total. The molecule has 2 atom stereocenters. The molecule has 0 aromatic rings. The van der Waals surface area contributed by atoms with E-state index < -0.39 is 0 Å². The Morgan fingerprint density at radius 2 is 1.94 bits per heavy atom. The Kier molecular flexibility index (Phi) is 5.92. The van der Waals surface area contributed by atoms with E-state index in [0.29, 0.717) is 5.92 Å². The Labute approximate surface area is 105 Å². The molecule has 1 rings (SSSR count). The highest BCUT2D eigenvalue weighted by Gasteiger charge is 2.29. The normalized spacial score (nSPS) is 19.8. The highest BCUT2D eigenvalue weighted by Crippen LogP contribution is 2.15. The lowest BCUT2D eigenvalue weighted by molar-refractivity contribution is -0.127. The highest BCUT2D eigenvalue weighted by atomic mass is 16.1. The summed E-state index contributed by atoms with van der Waals surface area (Å²) in [7, 11) is 0. The minimum Gasteiger partial charge on any atom is -0.352 e. The Bertz CT molecular complexity index is 237. The van der Waals surface area contributed by atoms with Gasteiger partial charge in [0.2, 0.25) is 5.91 Å². The molecule has 0 aliphatic carbocycles. The van der Waals surface area contributed by atoms with Crippen LogP contribution >= 0.6 is 0 Å². The first-order valence-electron chi connectivity index (χ1n) is 6.81. The van der Waals surface area contributed by atoms with E-state index >= 15 is 0 Å². The smallest absolute Gasteiger partial charge is 0.223 e. The summed E-state index contributed by atoms with van der Waals surface area (Å²) >= 11 is 0. The molecule has 0 aromatic heterocycles. The lowest BCUT2D eigenvalue weighted by atomic mass is 9.88. The second-order valence-electron chi connectivity index (χ2n) is 5.10. The molecule has 1 amide bonds. The third kappa shape index (κ3) is 4.28. The van der Waals surface area contributed by atoms with Crippen LogP contribution in [0.15, 0.2) is 0 Å². The second-order valence-corrected chi connectivity index (χ2v) is 5.10. The zero-order chi connectivity index (χ0) is 12.8. The van der Waals surface area contributed by atoms with Crippen molar-refractivity contribution in [3.63, 3.8) is 0 Å². The number of nitrogens with zero attached hydrogens (tertiary/aromatic N) is 1. The molecule has 0 spiro atoms. The van der Waals surface area contributed by atoms with Gasteiger partial charge in [-0.3, -0.25) is 4.79 Å². The summed E-state index contributed by atoms with van der Waals surface area (Å²) in [6.07, 6.45) is 0. The van der Waals surface area contributed by atoms with Crippen LogP contribution in [0.5, 0.6) is 0 Å². The predicted octanol–water partition coefficient (Wildman–Crippen LogP) is 0.688. The van der Waals surface area contributed by atoms with Crippen molar-refractivity contribution in [1.82, 2.24) is 15.5 Å². The highest BCUT2D eigenvalue weighted by molar-refractivity contribution is 5.79. The third-order valence-electron chi connectivity index (χ3n) is 3.75. The van der Waals surface area contributed by atoms with E-state index in [2.05, 4.69) is 36.3 Å². The first-order valence-corrected chi connectivity index (χ1v) is 6.81. The van der Waals surface area contributed by atoms with E-state index in [-0.39, 0.29) is 17.9 Å². The molecule has 0 aromatic carbocycles. The van der Waals surface area contributed by atoms with Crippen molar-refractivity contribution in [3.8, 4) is 0 Å². The van der Waals surface area contributed by atoms with E-state index in [9.17, 15) is 4.79 Å². The van der Waals surface area contributed by atoms with E-state index in [0.717, 1.165) is 32.7 Å². The van der Waals surface area contributed by atoms with Crippen LogP contribution in [0.3, 0.4) is 0 Å². The number of hydrogen-bond donors (Lipinski definition) is 2. The van der Waals surface area contributed by atoms with Crippen LogP contribution in [0.4, 0.5) is 0 Å². The summed E-state index contributed by atoms with van der Waals surface area (Å²) in [6, 6.07) is 0.234. The largest absolute Gasteiger partial charge is 0.352 e. The standard InChI is InChI=1S/C13H27N3O/c1-5-16(6-2)9-10(3)15-13(17)11(4)12-7-14-8-12/h10-12,14H,5-9H2,1-4H3,(H,15,17). The molecule has 0 bridgehead atoms. The van der Waals surface area contributed by atoms with E-state index in [4.69, 9.17) is 0 Å². The van der Waals surface area contributed by atoms with Gasteiger partial charge in [-0.2, -0.15) is 0 Å². The van der Waals surface area contributed by atoms with E-state index in [1.165, 1.54) is 0 Å². The number of hydrogen-bond acceptors (Lipinski definition) is 3. The van der Waals surface area contributed by atoms with Crippen molar-refractivity contribution in [2.24, 2.45) is 11.8 Å². The molecule has 2 unspecified atom stereocenters. The minimum atomic E-state index is 0.135. The third-order valence-corrected chi connectivity index (χ3v) is 3.75. The summed E-state index contributed by atoms with van der Waals surface area (Å²) in [4.78, 5) is 14.3. The van der Waals surface area contributed by atoms with E-state index in [1.807, 2.05) is 6.92 Å². The van der Waals surface area contributed by atoms with Crippen LogP contribution in [0.2, 0.25) is 0 Å². The van der Waals surface area contributed by atoms with Gasteiger partial charge in [0.25, 0.3) is 0 Å². The zero-order valence-electron chi connectivity index (χ0n) is 11.6. The summed E-state index contributed by atoms with van der Waals surface area (Å²) < 4.78 is 0. The van der Waals surface area contributed by atoms with Crippen LogP contribution in [0.1, 0.15) is 27.7 Å². The second kappa shape index (κ2) is 6.97. The fourth-order valence-corrected chi connectivity index (χ4v) is 2.17. The van der Waals surface area contributed by atoms with Crippen molar-refractivity contribution in [2.75, 3.05) is 32.7 Å². The zero-order valence-corrected chi connectivity index (χ0v) is 11.6. The predicted molar refractivity (Wildman–Crippen MR) is 70.9 cm³/mol. The van der Waals surface area contributed by atoms with E-state index in [1.54, 1.807) is 0 Å². The van der Waals surface area contributed by atoms with Gasteiger partial charge in [0, 0.05) is 18.5 Å². The summed E-state index contributed by atoms with van der Waals surface area (Å²) in [5.41, 5.74) is 0. The Hall–Kier alpha value is -0.610. The van der Waals surface area contributed by atoms with Gasteiger partial charge in [0.05, 0.1) is 0 Å². The van der Waals surface area contributed by atoms with Gasteiger partial charge in [0.1, 0.15) is 0 Å². The quantitative estimate of drug-likeness (QED) is 0.689. The van der Waals surface area contributed by atoms with Crippen LogP contribution in [-0.4, -0.2) is 49.6 Å². The number of carbonyl (C=O) groups is 1. The number of carbonyl (C=O) groups excluding carboxylic acids is 1. The maximum absolute atomic E-state index is 12.0. The maximum Gasteiger partial charge on any atom is 0.223 e. The molecule has 4 heteroatoms. The van der Waals surface area contributed by atoms with Gasteiger partial charge in [-0.25, -0.2) is 0 Å². The Morgan fingerprint density at radius 1 is 1.35 bits per heavy atom. The number of amides is 1. The van der Waals surface area contributed by atoms with Gasteiger partial charge in [-0.05, 0) is 39.0 Å². The topological polar surface area (TPSA) is 44.4 Å². The van der Waals surface area contributed by atoms with Crippen LogP contribution in [0.25, 0.3) is 0 Å². The molecular formula is C13H27N3O. The molecule has 4 nitrogen and oxygen atoms in total.